The van der Waals surface area contributed by atoms with Gasteiger partial charge in [-0.05, 0) is 61.7 Å². The first kappa shape index (κ1) is 29.9. The van der Waals surface area contributed by atoms with E-state index in [1.54, 1.807) is 12.3 Å². The number of ether oxygens (including phenoxy) is 1. The van der Waals surface area contributed by atoms with E-state index >= 15 is 0 Å². The first-order valence-corrected chi connectivity index (χ1v) is 13.7. The summed E-state index contributed by atoms with van der Waals surface area (Å²) < 4.78 is 6.44. The van der Waals surface area contributed by atoms with Crippen LogP contribution >= 0.6 is 0 Å². The molecule has 8 heteroatoms. The molecule has 2 aliphatic heterocycles. The molecule has 3 amide bonds. The molecule has 2 aliphatic rings. The summed E-state index contributed by atoms with van der Waals surface area (Å²) in [4.78, 5) is 42.7. The predicted octanol–water partition coefficient (Wildman–Crippen LogP) is 3.90. The molecular formula is C31H42N4O4. The number of likely N-dealkylation sites (N-methyl/N-ethyl adjacent to an activating group) is 1. The normalized spacial score (nSPS) is 22.3. The smallest absolute Gasteiger partial charge is 0.247 e. The lowest BCUT2D eigenvalue weighted by Gasteiger charge is -2.34. The number of benzene rings is 2. The molecule has 0 spiro atoms. The van der Waals surface area contributed by atoms with Crippen LogP contribution in [0.4, 0.5) is 0 Å². The van der Waals surface area contributed by atoms with Gasteiger partial charge in [0.25, 0.3) is 0 Å². The average molecular weight is 535 g/mol. The molecule has 0 saturated heterocycles. The van der Waals surface area contributed by atoms with Crippen molar-refractivity contribution in [3.63, 3.8) is 0 Å². The second kappa shape index (κ2) is 13.9. The zero-order valence-corrected chi connectivity index (χ0v) is 23.8. The Hall–Kier alpha value is -3.65. The van der Waals surface area contributed by atoms with E-state index in [2.05, 4.69) is 16.0 Å². The van der Waals surface area contributed by atoms with Gasteiger partial charge in [-0.3, -0.25) is 19.3 Å². The van der Waals surface area contributed by atoms with Gasteiger partial charge in [0, 0.05) is 6.20 Å². The van der Waals surface area contributed by atoms with Crippen LogP contribution in [-0.4, -0.2) is 54.8 Å². The molecule has 210 valence electrons. The second-order valence-electron chi connectivity index (χ2n) is 10.8. The van der Waals surface area contributed by atoms with Crippen LogP contribution in [0.5, 0.6) is 5.75 Å². The SMILES string of the molecule is CCC(C)C(C(=O)NC1C(=O)NC(CC(C)C)C(=O)N/C=C/c2ccc(cc2)OC1c1ccccc1)N(C)C. The fraction of sp³-hybridized carbons (Fsp3) is 0.452. The highest BCUT2D eigenvalue weighted by Gasteiger charge is 2.38. The summed E-state index contributed by atoms with van der Waals surface area (Å²) >= 11 is 0. The summed E-state index contributed by atoms with van der Waals surface area (Å²) in [5.74, 6) is -0.334. The molecule has 2 aromatic rings. The number of fused-ring (bicyclic) bond motifs is 10. The highest BCUT2D eigenvalue weighted by Crippen LogP contribution is 2.27. The van der Waals surface area contributed by atoms with E-state index in [1.165, 1.54) is 0 Å². The van der Waals surface area contributed by atoms with Crippen molar-refractivity contribution in [3.8, 4) is 5.75 Å². The van der Waals surface area contributed by atoms with E-state index < -0.39 is 30.1 Å². The standard InChI is InChI=1S/C31H42N4O4/c1-7-21(4)27(35(5)6)31(38)34-26-28(23-11-9-8-10-12-23)39-24-15-13-22(14-16-24)17-18-32-29(36)25(19-20(2)3)33-30(26)37/h8-18,20-21,25-28H,7,19H2,1-6H3,(H,32,36)(H,33,37)(H,34,38)/b18-17+. The van der Waals surface area contributed by atoms with Gasteiger partial charge in [-0.15, -0.1) is 0 Å². The van der Waals surface area contributed by atoms with Gasteiger partial charge in [-0.25, -0.2) is 0 Å². The Kier molecular flexibility index (Phi) is 10.7. The first-order chi connectivity index (χ1) is 18.6. The molecule has 2 bridgehead atoms. The second-order valence-corrected chi connectivity index (χ2v) is 10.8. The van der Waals surface area contributed by atoms with Crippen LogP contribution in [0.3, 0.4) is 0 Å². The molecule has 0 radical (unpaired) electrons. The van der Waals surface area contributed by atoms with Gasteiger partial charge in [0.15, 0.2) is 6.10 Å². The highest BCUT2D eigenvalue weighted by molar-refractivity contribution is 5.94. The lowest BCUT2D eigenvalue weighted by Crippen LogP contribution is -2.59. The topological polar surface area (TPSA) is 99.8 Å². The zero-order chi connectivity index (χ0) is 28.5. The van der Waals surface area contributed by atoms with Crippen molar-refractivity contribution in [3.05, 3.63) is 71.9 Å². The third-order valence-corrected chi connectivity index (χ3v) is 7.00. The molecule has 0 aliphatic carbocycles. The van der Waals surface area contributed by atoms with Gasteiger partial charge in [0.05, 0.1) is 6.04 Å². The van der Waals surface area contributed by atoms with Gasteiger partial charge in [0.1, 0.15) is 17.8 Å². The largest absolute Gasteiger partial charge is 0.483 e. The molecule has 0 aromatic heterocycles. The van der Waals surface area contributed by atoms with Crippen molar-refractivity contribution < 1.29 is 19.1 Å². The summed E-state index contributed by atoms with van der Waals surface area (Å²) in [5.41, 5.74) is 1.61. The van der Waals surface area contributed by atoms with Crippen LogP contribution in [0.15, 0.2) is 60.8 Å². The molecule has 3 N–H and O–H groups in total. The third kappa shape index (κ3) is 8.17. The number of carbonyl (C=O) groups is 3. The molecule has 8 nitrogen and oxygen atoms in total. The third-order valence-electron chi connectivity index (χ3n) is 7.00. The fourth-order valence-corrected chi connectivity index (χ4v) is 4.80. The maximum Gasteiger partial charge on any atom is 0.247 e. The molecular weight excluding hydrogens is 492 g/mol. The van der Waals surface area contributed by atoms with Crippen LogP contribution < -0.4 is 20.7 Å². The van der Waals surface area contributed by atoms with Crippen molar-refractivity contribution in [2.75, 3.05) is 14.1 Å². The molecule has 0 fully saturated rings. The minimum Gasteiger partial charge on any atom is -0.483 e. The van der Waals surface area contributed by atoms with Crippen molar-refractivity contribution in [1.82, 2.24) is 20.9 Å². The van der Waals surface area contributed by atoms with E-state index in [4.69, 9.17) is 4.74 Å². The monoisotopic (exact) mass is 534 g/mol. The number of amides is 3. The van der Waals surface area contributed by atoms with Crippen LogP contribution in [-0.2, 0) is 14.4 Å². The maximum atomic E-state index is 14.0. The summed E-state index contributed by atoms with van der Waals surface area (Å²) in [6.07, 6.45) is 3.74. The molecule has 2 heterocycles. The molecule has 4 rings (SSSR count). The van der Waals surface area contributed by atoms with Gasteiger partial charge in [-0.1, -0.05) is 76.6 Å². The van der Waals surface area contributed by atoms with E-state index in [0.717, 1.165) is 17.5 Å². The van der Waals surface area contributed by atoms with E-state index in [9.17, 15) is 14.4 Å². The van der Waals surface area contributed by atoms with E-state index in [-0.39, 0.29) is 23.7 Å². The lowest BCUT2D eigenvalue weighted by molar-refractivity contribution is -0.136. The first-order valence-electron chi connectivity index (χ1n) is 13.7. The maximum absolute atomic E-state index is 14.0. The Morgan fingerprint density at radius 1 is 1.00 bits per heavy atom. The van der Waals surface area contributed by atoms with E-state index in [0.29, 0.717) is 12.2 Å². The number of nitrogens with zero attached hydrogens (tertiary/aromatic N) is 1. The van der Waals surface area contributed by atoms with E-state index in [1.807, 2.05) is 101 Å². The summed E-state index contributed by atoms with van der Waals surface area (Å²) in [6.45, 7) is 8.03. The van der Waals surface area contributed by atoms with Crippen LogP contribution in [0.25, 0.3) is 6.08 Å². The lowest BCUT2D eigenvalue weighted by atomic mass is 9.95. The molecule has 39 heavy (non-hydrogen) atoms. The number of rotatable bonds is 8. The van der Waals surface area contributed by atoms with Crippen LogP contribution in [0, 0.1) is 11.8 Å². The summed E-state index contributed by atoms with van der Waals surface area (Å²) in [7, 11) is 3.71. The number of hydrogen-bond acceptors (Lipinski definition) is 5. The summed E-state index contributed by atoms with van der Waals surface area (Å²) in [5, 5.41) is 8.72. The van der Waals surface area contributed by atoms with Gasteiger partial charge >= 0.3 is 0 Å². The quantitative estimate of drug-likeness (QED) is 0.477. The number of hydrogen-bond donors (Lipinski definition) is 3. The van der Waals surface area contributed by atoms with Crippen molar-refractivity contribution in [2.45, 2.75) is 64.8 Å². The minimum atomic E-state index is -1.10. The van der Waals surface area contributed by atoms with Crippen molar-refractivity contribution >= 4 is 23.8 Å². The molecule has 5 unspecified atom stereocenters. The van der Waals surface area contributed by atoms with Gasteiger partial charge < -0.3 is 20.7 Å². The predicted molar refractivity (Wildman–Crippen MR) is 154 cm³/mol. The highest BCUT2D eigenvalue weighted by atomic mass is 16.5. The van der Waals surface area contributed by atoms with Crippen molar-refractivity contribution in [1.29, 1.82) is 0 Å². The molecule has 0 saturated carbocycles. The fourth-order valence-electron chi connectivity index (χ4n) is 4.80. The Morgan fingerprint density at radius 2 is 1.67 bits per heavy atom. The minimum absolute atomic E-state index is 0.0523. The zero-order valence-electron chi connectivity index (χ0n) is 23.8. The Bertz CT molecular complexity index is 1130. The molecule has 2 aromatic carbocycles. The van der Waals surface area contributed by atoms with Gasteiger partial charge in [-0.2, -0.15) is 0 Å². The van der Waals surface area contributed by atoms with Crippen LogP contribution in [0.2, 0.25) is 0 Å². The Morgan fingerprint density at radius 3 is 2.26 bits per heavy atom. The Balaban J connectivity index is 2.11. The number of carbonyl (C=O) groups excluding carboxylic acids is 3. The summed E-state index contributed by atoms with van der Waals surface area (Å²) in [6, 6.07) is 14.4. The number of nitrogens with one attached hydrogen (secondary N) is 3. The van der Waals surface area contributed by atoms with Gasteiger partial charge in [0.2, 0.25) is 17.7 Å². The molecule has 5 atom stereocenters. The Labute approximate surface area is 232 Å². The van der Waals surface area contributed by atoms with Crippen LogP contribution in [0.1, 0.15) is 57.8 Å². The average Bonchev–Trinajstić information content (AvgIpc) is 2.90. The van der Waals surface area contributed by atoms with Crippen molar-refractivity contribution in [2.24, 2.45) is 11.8 Å².